The van der Waals surface area contributed by atoms with Crippen LogP contribution in [0, 0.1) is 5.92 Å². The molecule has 1 rings (SSSR count). The average molecular weight is 287 g/mol. The number of rotatable bonds is 5. The van der Waals surface area contributed by atoms with Gasteiger partial charge in [0.05, 0.1) is 17.5 Å². The largest absolute Gasteiger partial charge is 0.495 e. The summed E-state index contributed by atoms with van der Waals surface area (Å²) in [6.07, 6.45) is 0. The van der Waals surface area contributed by atoms with Crippen LogP contribution in [0.1, 0.15) is 6.92 Å². The van der Waals surface area contributed by atoms with E-state index in [0.717, 1.165) is 15.9 Å². The molecule has 0 bridgehead atoms. The Morgan fingerprint density at radius 3 is 2.88 bits per heavy atom. The lowest BCUT2D eigenvalue weighted by Crippen LogP contribution is -2.26. The van der Waals surface area contributed by atoms with Crippen molar-refractivity contribution in [1.82, 2.24) is 0 Å². The molecule has 0 aliphatic rings. The lowest BCUT2D eigenvalue weighted by Gasteiger charge is -2.12. The molecule has 3 N–H and O–H groups in total. The highest BCUT2D eigenvalue weighted by molar-refractivity contribution is 9.10. The van der Waals surface area contributed by atoms with Gasteiger partial charge in [-0.15, -0.1) is 0 Å². The maximum atomic E-state index is 10.8. The van der Waals surface area contributed by atoms with E-state index in [1.165, 1.54) is 0 Å². The van der Waals surface area contributed by atoms with Crippen LogP contribution in [0.15, 0.2) is 22.7 Å². The summed E-state index contributed by atoms with van der Waals surface area (Å²) in [7, 11) is 1.61. The normalized spacial score (nSPS) is 11.9. The van der Waals surface area contributed by atoms with Gasteiger partial charge in [0.25, 0.3) is 0 Å². The molecular weight excluding hydrogens is 272 g/mol. The minimum Gasteiger partial charge on any atom is -0.495 e. The van der Waals surface area contributed by atoms with E-state index in [1.807, 2.05) is 18.2 Å². The minimum absolute atomic E-state index is 0.199. The first kappa shape index (κ1) is 12.8. The number of methoxy groups -OCH3 is 1. The van der Waals surface area contributed by atoms with Gasteiger partial charge in [-0.3, -0.25) is 4.79 Å². The summed E-state index contributed by atoms with van der Waals surface area (Å²) in [6, 6.07) is 5.65. The van der Waals surface area contributed by atoms with Crippen LogP contribution in [-0.2, 0) is 4.79 Å². The molecule has 1 aromatic carbocycles. The Labute approximate surface area is 103 Å². The van der Waals surface area contributed by atoms with E-state index >= 15 is 0 Å². The zero-order valence-electron chi connectivity index (χ0n) is 9.29. The molecule has 1 amide bonds. The number of benzene rings is 1. The summed E-state index contributed by atoms with van der Waals surface area (Å²) in [5.74, 6) is 0.239. The van der Waals surface area contributed by atoms with E-state index in [9.17, 15) is 4.79 Å². The molecule has 0 aromatic heterocycles. The Morgan fingerprint density at radius 2 is 2.31 bits per heavy atom. The smallest absolute Gasteiger partial charge is 0.222 e. The van der Waals surface area contributed by atoms with Crippen LogP contribution in [0.25, 0.3) is 0 Å². The predicted molar refractivity (Wildman–Crippen MR) is 67.5 cm³/mol. The number of carbonyl (C=O) groups is 1. The molecule has 0 saturated carbocycles. The van der Waals surface area contributed by atoms with Crippen LogP contribution in [0.4, 0.5) is 5.69 Å². The molecule has 0 heterocycles. The van der Waals surface area contributed by atoms with E-state index in [4.69, 9.17) is 10.5 Å². The molecule has 1 aromatic rings. The highest BCUT2D eigenvalue weighted by Crippen LogP contribution is 2.27. The summed E-state index contributed by atoms with van der Waals surface area (Å²) in [6.45, 7) is 2.30. The zero-order valence-corrected chi connectivity index (χ0v) is 10.9. The molecule has 1 atom stereocenters. The fourth-order valence-corrected chi connectivity index (χ4v) is 1.55. The van der Waals surface area contributed by atoms with E-state index in [0.29, 0.717) is 6.54 Å². The number of carbonyl (C=O) groups excluding carboxylic acids is 1. The highest BCUT2D eigenvalue weighted by Gasteiger charge is 2.08. The molecule has 0 aliphatic heterocycles. The lowest BCUT2D eigenvalue weighted by molar-refractivity contribution is -0.120. The second-order valence-corrected chi connectivity index (χ2v) is 4.39. The summed E-state index contributed by atoms with van der Waals surface area (Å²) < 4.78 is 6.05. The molecule has 0 radical (unpaired) electrons. The molecule has 0 aliphatic carbocycles. The van der Waals surface area contributed by atoms with Gasteiger partial charge in [-0.2, -0.15) is 0 Å². The van der Waals surface area contributed by atoms with Crippen LogP contribution in [0.3, 0.4) is 0 Å². The summed E-state index contributed by atoms with van der Waals surface area (Å²) in [4.78, 5) is 10.8. The number of ether oxygens (including phenoxy) is 1. The standard InChI is InChI=1S/C11H15BrN2O2/c1-7(11(13)15)6-14-8-3-4-9(12)10(5-8)16-2/h3-5,7,14H,6H2,1-2H3,(H2,13,15). The molecule has 0 fully saturated rings. The zero-order chi connectivity index (χ0) is 12.1. The fraction of sp³-hybridized carbons (Fsp3) is 0.364. The summed E-state index contributed by atoms with van der Waals surface area (Å²) >= 11 is 3.37. The van der Waals surface area contributed by atoms with Gasteiger partial charge in [0.1, 0.15) is 5.75 Å². The number of anilines is 1. The topological polar surface area (TPSA) is 64.3 Å². The van der Waals surface area contributed by atoms with Crippen molar-refractivity contribution in [3.05, 3.63) is 22.7 Å². The lowest BCUT2D eigenvalue weighted by atomic mass is 10.1. The fourth-order valence-electron chi connectivity index (χ4n) is 1.14. The second-order valence-electron chi connectivity index (χ2n) is 3.53. The van der Waals surface area contributed by atoms with E-state index in [2.05, 4.69) is 21.2 Å². The van der Waals surface area contributed by atoms with Crippen molar-refractivity contribution >= 4 is 27.5 Å². The third kappa shape index (κ3) is 3.41. The SMILES string of the molecule is COc1cc(NCC(C)C(N)=O)ccc1Br. The van der Waals surface area contributed by atoms with Crippen molar-refractivity contribution < 1.29 is 9.53 Å². The Morgan fingerprint density at radius 1 is 1.62 bits per heavy atom. The van der Waals surface area contributed by atoms with E-state index in [1.54, 1.807) is 14.0 Å². The molecule has 5 heteroatoms. The molecular formula is C11H15BrN2O2. The molecule has 0 spiro atoms. The van der Waals surface area contributed by atoms with Gasteiger partial charge >= 0.3 is 0 Å². The Balaban J connectivity index is 2.64. The number of hydrogen-bond donors (Lipinski definition) is 2. The first-order chi connectivity index (χ1) is 7.54. The maximum Gasteiger partial charge on any atom is 0.222 e. The van der Waals surface area contributed by atoms with Gasteiger partial charge in [0.2, 0.25) is 5.91 Å². The predicted octanol–water partition coefficient (Wildman–Crippen LogP) is 1.99. The van der Waals surface area contributed by atoms with Crippen LogP contribution >= 0.6 is 15.9 Å². The number of hydrogen-bond acceptors (Lipinski definition) is 3. The van der Waals surface area contributed by atoms with Gasteiger partial charge in [-0.05, 0) is 28.1 Å². The highest BCUT2D eigenvalue weighted by atomic mass is 79.9. The summed E-state index contributed by atoms with van der Waals surface area (Å²) in [5.41, 5.74) is 6.07. The Hall–Kier alpha value is -1.23. The van der Waals surface area contributed by atoms with Crippen molar-refractivity contribution in [2.75, 3.05) is 19.0 Å². The Kier molecular flexibility index (Phi) is 4.61. The van der Waals surface area contributed by atoms with Crippen LogP contribution in [-0.4, -0.2) is 19.6 Å². The molecule has 16 heavy (non-hydrogen) atoms. The van der Waals surface area contributed by atoms with E-state index in [-0.39, 0.29) is 11.8 Å². The Bertz CT molecular complexity index is 382. The third-order valence-corrected chi connectivity index (χ3v) is 2.90. The average Bonchev–Trinajstić information content (AvgIpc) is 2.27. The first-order valence-electron chi connectivity index (χ1n) is 4.91. The van der Waals surface area contributed by atoms with Crippen LogP contribution in [0.2, 0.25) is 0 Å². The summed E-state index contributed by atoms with van der Waals surface area (Å²) in [5, 5.41) is 3.13. The van der Waals surface area contributed by atoms with Gasteiger partial charge in [0.15, 0.2) is 0 Å². The van der Waals surface area contributed by atoms with Gasteiger partial charge in [-0.25, -0.2) is 0 Å². The van der Waals surface area contributed by atoms with Crippen molar-refractivity contribution in [1.29, 1.82) is 0 Å². The van der Waals surface area contributed by atoms with E-state index < -0.39 is 0 Å². The monoisotopic (exact) mass is 286 g/mol. The molecule has 0 saturated heterocycles. The minimum atomic E-state index is -0.309. The van der Waals surface area contributed by atoms with Crippen LogP contribution in [0.5, 0.6) is 5.75 Å². The quantitative estimate of drug-likeness (QED) is 0.870. The molecule has 4 nitrogen and oxygen atoms in total. The third-order valence-electron chi connectivity index (χ3n) is 2.25. The van der Waals surface area contributed by atoms with Crippen molar-refractivity contribution in [3.63, 3.8) is 0 Å². The number of halogens is 1. The number of nitrogens with two attached hydrogens (primary N) is 1. The van der Waals surface area contributed by atoms with Gasteiger partial charge < -0.3 is 15.8 Å². The number of amides is 1. The maximum absolute atomic E-state index is 10.8. The van der Waals surface area contributed by atoms with Crippen molar-refractivity contribution in [2.24, 2.45) is 11.7 Å². The first-order valence-corrected chi connectivity index (χ1v) is 5.70. The van der Waals surface area contributed by atoms with Crippen molar-refractivity contribution in [3.8, 4) is 5.75 Å². The molecule has 88 valence electrons. The van der Waals surface area contributed by atoms with Gasteiger partial charge in [0, 0.05) is 18.3 Å². The van der Waals surface area contributed by atoms with Gasteiger partial charge in [-0.1, -0.05) is 6.92 Å². The number of primary amides is 1. The van der Waals surface area contributed by atoms with Crippen molar-refractivity contribution in [2.45, 2.75) is 6.92 Å². The van der Waals surface area contributed by atoms with Crippen LogP contribution < -0.4 is 15.8 Å². The second kappa shape index (κ2) is 5.75. The number of nitrogens with one attached hydrogen (secondary N) is 1. The molecule has 1 unspecified atom stereocenters.